The largest absolute Gasteiger partial charge is 0.423 e. The van der Waals surface area contributed by atoms with Crippen LogP contribution in [0.2, 0.25) is 5.02 Å². The minimum atomic E-state index is -3.32. The third-order valence-electron chi connectivity index (χ3n) is 2.42. The molecule has 1 amide bonds. The van der Waals surface area contributed by atoms with Gasteiger partial charge in [-0.2, -0.15) is 0 Å². The van der Waals surface area contributed by atoms with E-state index >= 15 is 0 Å². The summed E-state index contributed by atoms with van der Waals surface area (Å²) in [5, 5.41) is 1.82. The van der Waals surface area contributed by atoms with Gasteiger partial charge < -0.3 is 10.1 Å². The third kappa shape index (κ3) is 4.08. The molecule has 0 saturated heterocycles. The maximum atomic E-state index is 12.9. The van der Waals surface area contributed by atoms with Crippen molar-refractivity contribution in [3.8, 4) is 11.8 Å². The lowest BCUT2D eigenvalue weighted by molar-refractivity contribution is 0.0286. The van der Waals surface area contributed by atoms with E-state index < -0.39 is 18.6 Å². The van der Waals surface area contributed by atoms with Gasteiger partial charge >= 0.3 is 6.01 Å². The van der Waals surface area contributed by atoms with Crippen LogP contribution in [-0.4, -0.2) is 28.6 Å². The van der Waals surface area contributed by atoms with Crippen LogP contribution < -0.4 is 10.1 Å². The van der Waals surface area contributed by atoms with Gasteiger partial charge in [0.05, 0.1) is 23.0 Å². The molecule has 2 rings (SSSR count). The highest BCUT2D eigenvalue weighted by atomic mass is 35.5. The van der Waals surface area contributed by atoms with Gasteiger partial charge in [-0.1, -0.05) is 23.7 Å². The number of hydrogen-bond acceptors (Lipinski definition) is 4. The lowest BCUT2D eigenvalue weighted by atomic mass is 10.2. The molecule has 1 atom stereocenters. The molecule has 0 fully saturated rings. The third-order valence-corrected chi connectivity index (χ3v) is 2.61. The van der Waals surface area contributed by atoms with Crippen LogP contribution in [0.4, 0.5) is 13.2 Å². The number of benzene rings is 1. The van der Waals surface area contributed by atoms with Gasteiger partial charge in [0.15, 0.2) is 0 Å². The van der Waals surface area contributed by atoms with Crippen LogP contribution in [0.15, 0.2) is 36.7 Å². The quantitative estimate of drug-likeness (QED) is 0.854. The molecule has 0 saturated carbocycles. The van der Waals surface area contributed by atoms with E-state index in [1.54, 1.807) is 6.07 Å². The van der Waals surface area contributed by atoms with Crippen LogP contribution in [-0.2, 0) is 0 Å². The zero-order valence-corrected chi connectivity index (χ0v) is 11.6. The first-order valence-electron chi connectivity index (χ1n) is 5.95. The van der Waals surface area contributed by atoms with Crippen molar-refractivity contribution in [3.05, 3.63) is 47.2 Å². The Morgan fingerprint density at radius 2 is 1.82 bits per heavy atom. The van der Waals surface area contributed by atoms with Gasteiger partial charge in [-0.3, -0.25) is 4.79 Å². The summed E-state index contributed by atoms with van der Waals surface area (Å²) in [7, 11) is 0. The van der Waals surface area contributed by atoms with Crippen LogP contribution >= 0.6 is 11.6 Å². The number of para-hydroxylation sites is 1. The van der Waals surface area contributed by atoms with Crippen molar-refractivity contribution in [2.75, 3.05) is 0 Å². The van der Waals surface area contributed by atoms with Crippen LogP contribution in [0.3, 0.4) is 0 Å². The van der Waals surface area contributed by atoms with E-state index in [0.717, 1.165) is 0 Å². The summed E-state index contributed by atoms with van der Waals surface area (Å²) in [5.41, 5.74) is -0.135. The van der Waals surface area contributed by atoms with Crippen molar-refractivity contribution in [1.82, 2.24) is 15.3 Å². The number of carbonyl (C=O) groups excluding carboxylic acids is 1. The second-order valence-electron chi connectivity index (χ2n) is 3.99. The number of nitrogens with one attached hydrogen (secondary N) is 1. The number of carbonyl (C=O) groups is 1. The molecule has 1 aromatic carbocycles. The SMILES string of the molecule is O=C(NC(F)C(F)F)c1ccccc1Oc1ncc(Cl)cn1. The van der Waals surface area contributed by atoms with E-state index in [4.69, 9.17) is 16.3 Å². The Bertz CT molecular complexity index is 655. The van der Waals surface area contributed by atoms with Crippen molar-refractivity contribution in [2.24, 2.45) is 0 Å². The Morgan fingerprint density at radius 1 is 1.18 bits per heavy atom. The van der Waals surface area contributed by atoms with Gasteiger partial charge in [-0.15, -0.1) is 0 Å². The highest BCUT2D eigenvalue weighted by Crippen LogP contribution is 2.23. The zero-order valence-electron chi connectivity index (χ0n) is 10.8. The normalized spacial score (nSPS) is 12.0. The first-order valence-corrected chi connectivity index (χ1v) is 6.32. The van der Waals surface area contributed by atoms with Crippen molar-refractivity contribution in [2.45, 2.75) is 12.7 Å². The van der Waals surface area contributed by atoms with Crippen molar-refractivity contribution < 1.29 is 22.7 Å². The smallest absolute Gasteiger partial charge is 0.321 e. The average molecular weight is 332 g/mol. The Hall–Kier alpha value is -2.35. The standard InChI is InChI=1S/C13H9ClF3N3O2/c14-7-5-18-13(19-6-7)22-9-4-2-1-3-8(9)12(21)20-11(17)10(15)16/h1-6,10-11H,(H,20,21). The molecule has 0 bridgehead atoms. The number of ether oxygens (including phenoxy) is 1. The molecule has 2 aromatic rings. The molecular weight excluding hydrogens is 323 g/mol. The second kappa shape index (κ2) is 7.08. The van der Waals surface area contributed by atoms with Gasteiger partial charge in [-0.25, -0.2) is 23.1 Å². The van der Waals surface area contributed by atoms with Crippen molar-refractivity contribution >= 4 is 17.5 Å². The second-order valence-corrected chi connectivity index (χ2v) is 4.43. The first-order chi connectivity index (χ1) is 10.5. The lowest BCUT2D eigenvalue weighted by Gasteiger charge is -2.12. The molecule has 1 heterocycles. The molecule has 1 aromatic heterocycles. The molecule has 0 aliphatic carbocycles. The molecule has 0 radical (unpaired) electrons. The highest BCUT2D eigenvalue weighted by Gasteiger charge is 2.23. The fourth-order valence-corrected chi connectivity index (χ4v) is 1.56. The van der Waals surface area contributed by atoms with E-state index in [9.17, 15) is 18.0 Å². The van der Waals surface area contributed by atoms with Gasteiger partial charge in [0, 0.05) is 0 Å². The molecule has 0 spiro atoms. The van der Waals surface area contributed by atoms with Crippen molar-refractivity contribution in [1.29, 1.82) is 0 Å². The van der Waals surface area contributed by atoms with Gasteiger partial charge in [0.2, 0.25) is 6.30 Å². The summed E-state index contributed by atoms with van der Waals surface area (Å²) in [6.07, 6.45) is -3.54. The molecule has 1 N–H and O–H groups in total. The number of alkyl halides is 3. The number of rotatable bonds is 5. The predicted octanol–water partition coefficient (Wildman–Crippen LogP) is 3.21. The van der Waals surface area contributed by atoms with E-state index in [1.165, 1.54) is 35.9 Å². The number of hydrogen-bond donors (Lipinski definition) is 1. The predicted molar refractivity (Wildman–Crippen MR) is 71.9 cm³/mol. The summed E-state index contributed by atoms with van der Waals surface area (Å²) in [6, 6.07) is 5.60. The molecule has 5 nitrogen and oxygen atoms in total. The summed E-state index contributed by atoms with van der Waals surface area (Å²) in [4.78, 5) is 19.3. The Balaban J connectivity index is 2.19. The first kappa shape index (κ1) is 16.0. The number of aromatic nitrogens is 2. The number of nitrogens with zero attached hydrogens (tertiary/aromatic N) is 2. The topological polar surface area (TPSA) is 64.1 Å². The van der Waals surface area contributed by atoms with Crippen molar-refractivity contribution in [3.63, 3.8) is 0 Å². The summed E-state index contributed by atoms with van der Waals surface area (Å²) in [5.74, 6) is -1.05. The summed E-state index contributed by atoms with van der Waals surface area (Å²) < 4.78 is 42.5. The molecular formula is C13H9ClF3N3O2. The number of halogens is 4. The Kier molecular flexibility index (Phi) is 5.16. The summed E-state index contributed by atoms with van der Waals surface area (Å²) >= 11 is 5.63. The maximum Gasteiger partial charge on any atom is 0.321 e. The lowest BCUT2D eigenvalue weighted by Crippen LogP contribution is -2.36. The molecule has 9 heteroatoms. The molecule has 22 heavy (non-hydrogen) atoms. The Labute approximate surface area is 128 Å². The molecule has 116 valence electrons. The molecule has 0 aliphatic rings. The van der Waals surface area contributed by atoms with Crippen LogP contribution in [0.5, 0.6) is 11.8 Å². The maximum absolute atomic E-state index is 12.9. The van der Waals surface area contributed by atoms with E-state index in [1.807, 2.05) is 0 Å². The van der Waals surface area contributed by atoms with Crippen LogP contribution in [0.1, 0.15) is 10.4 Å². The van der Waals surface area contributed by atoms with Crippen LogP contribution in [0.25, 0.3) is 0 Å². The number of amides is 1. The van der Waals surface area contributed by atoms with Gasteiger partial charge in [-0.05, 0) is 12.1 Å². The van der Waals surface area contributed by atoms with Gasteiger partial charge in [0.1, 0.15) is 5.75 Å². The minimum Gasteiger partial charge on any atom is -0.423 e. The molecule has 1 unspecified atom stereocenters. The van der Waals surface area contributed by atoms with E-state index in [0.29, 0.717) is 0 Å². The monoisotopic (exact) mass is 331 g/mol. The molecule has 0 aliphatic heterocycles. The van der Waals surface area contributed by atoms with Crippen LogP contribution in [0, 0.1) is 0 Å². The average Bonchev–Trinajstić information content (AvgIpc) is 2.50. The summed E-state index contributed by atoms with van der Waals surface area (Å²) in [6.45, 7) is 0. The van der Waals surface area contributed by atoms with E-state index in [-0.39, 0.29) is 22.3 Å². The minimum absolute atomic E-state index is 0.0104. The fourth-order valence-electron chi connectivity index (χ4n) is 1.46. The fraction of sp³-hybridized carbons (Fsp3) is 0.154. The Morgan fingerprint density at radius 3 is 2.45 bits per heavy atom. The zero-order chi connectivity index (χ0) is 16.1. The highest BCUT2D eigenvalue weighted by molar-refractivity contribution is 6.30. The van der Waals surface area contributed by atoms with Gasteiger partial charge in [0.25, 0.3) is 12.3 Å². The van der Waals surface area contributed by atoms with E-state index in [2.05, 4.69) is 9.97 Å².